The second-order valence-electron chi connectivity index (χ2n) is 8.35. The number of aromatic nitrogens is 2. The van der Waals surface area contributed by atoms with E-state index in [9.17, 15) is 9.59 Å². The van der Waals surface area contributed by atoms with Gasteiger partial charge in [-0.05, 0) is 24.5 Å². The fourth-order valence-electron chi connectivity index (χ4n) is 3.52. The topological polar surface area (TPSA) is 67.2 Å². The maximum absolute atomic E-state index is 13.0. The number of nitrogens with zero attached hydrogens (tertiary/aromatic N) is 3. The predicted molar refractivity (Wildman–Crippen MR) is 129 cm³/mol. The summed E-state index contributed by atoms with van der Waals surface area (Å²) in [6.07, 6.45) is 2.25. The SMILES string of the molecule is CCCCC(=O)N(CC(=O)Nc1cc(-c2ccccc2)nn1-c1ccccc1)CC(C)C. The lowest BCUT2D eigenvalue weighted by Gasteiger charge is -2.24. The van der Waals surface area contributed by atoms with Gasteiger partial charge in [0.25, 0.3) is 0 Å². The molecule has 0 spiro atoms. The van der Waals surface area contributed by atoms with Crippen LogP contribution < -0.4 is 5.32 Å². The van der Waals surface area contributed by atoms with Gasteiger partial charge in [-0.15, -0.1) is 0 Å². The summed E-state index contributed by atoms with van der Waals surface area (Å²) in [5, 5.41) is 7.71. The molecule has 0 aliphatic carbocycles. The van der Waals surface area contributed by atoms with Crippen LogP contribution >= 0.6 is 0 Å². The van der Waals surface area contributed by atoms with E-state index in [4.69, 9.17) is 5.10 Å². The predicted octanol–water partition coefficient (Wildman–Crippen LogP) is 5.15. The normalized spacial score (nSPS) is 10.9. The van der Waals surface area contributed by atoms with E-state index in [1.807, 2.05) is 66.7 Å². The van der Waals surface area contributed by atoms with Gasteiger partial charge >= 0.3 is 0 Å². The van der Waals surface area contributed by atoms with Crippen LogP contribution in [0.1, 0.15) is 40.0 Å². The highest BCUT2D eigenvalue weighted by atomic mass is 16.2. The quantitative estimate of drug-likeness (QED) is 0.482. The molecule has 0 fully saturated rings. The van der Waals surface area contributed by atoms with Gasteiger partial charge in [0, 0.05) is 24.6 Å². The van der Waals surface area contributed by atoms with Gasteiger partial charge in [0.1, 0.15) is 5.82 Å². The number of hydrogen-bond acceptors (Lipinski definition) is 3. The van der Waals surface area contributed by atoms with E-state index in [1.165, 1.54) is 0 Å². The maximum atomic E-state index is 13.0. The molecule has 1 heterocycles. The van der Waals surface area contributed by atoms with E-state index >= 15 is 0 Å². The van der Waals surface area contributed by atoms with Crippen molar-refractivity contribution in [2.75, 3.05) is 18.4 Å². The molecule has 0 radical (unpaired) electrons. The largest absolute Gasteiger partial charge is 0.333 e. The molecule has 2 amide bonds. The Kier molecular flexibility index (Phi) is 8.20. The number of benzene rings is 2. The van der Waals surface area contributed by atoms with Crippen LogP contribution in [0, 0.1) is 5.92 Å². The molecular weight excluding hydrogens is 400 g/mol. The second-order valence-corrected chi connectivity index (χ2v) is 8.35. The smallest absolute Gasteiger partial charge is 0.245 e. The Hall–Kier alpha value is -3.41. The molecule has 32 heavy (non-hydrogen) atoms. The van der Waals surface area contributed by atoms with E-state index < -0.39 is 0 Å². The van der Waals surface area contributed by atoms with Crippen molar-refractivity contribution in [1.29, 1.82) is 0 Å². The van der Waals surface area contributed by atoms with Crippen molar-refractivity contribution in [3.05, 3.63) is 66.7 Å². The molecule has 168 valence electrons. The number of nitrogens with one attached hydrogen (secondary N) is 1. The molecule has 0 saturated heterocycles. The van der Waals surface area contributed by atoms with Gasteiger partial charge in [0.15, 0.2) is 0 Å². The van der Waals surface area contributed by atoms with Crippen molar-refractivity contribution in [3.63, 3.8) is 0 Å². The van der Waals surface area contributed by atoms with Crippen LogP contribution in [0.2, 0.25) is 0 Å². The van der Waals surface area contributed by atoms with Crippen LogP contribution in [0.15, 0.2) is 66.7 Å². The molecule has 3 aromatic rings. The van der Waals surface area contributed by atoms with E-state index in [-0.39, 0.29) is 24.3 Å². The Balaban J connectivity index is 1.83. The van der Waals surface area contributed by atoms with Crippen molar-refractivity contribution in [2.45, 2.75) is 40.0 Å². The van der Waals surface area contributed by atoms with Gasteiger partial charge in [-0.1, -0.05) is 75.7 Å². The summed E-state index contributed by atoms with van der Waals surface area (Å²) >= 11 is 0. The van der Waals surface area contributed by atoms with Gasteiger partial charge in [-0.3, -0.25) is 9.59 Å². The zero-order valence-corrected chi connectivity index (χ0v) is 19.1. The molecule has 1 aromatic heterocycles. The Morgan fingerprint density at radius 3 is 2.31 bits per heavy atom. The molecule has 0 aliphatic heterocycles. The Morgan fingerprint density at radius 2 is 1.69 bits per heavy atom. The number of hydrogen-bond donors (Lipinski definition) is 1. The van der Waals surface area contributed by atoms with Gasteiger partial charge in [-0.2, -0.15) is 5.10 Å². The Labute approximate surface area is 190 Å². The zero-order chi connectivity index (χ0) is 22.9. The number of carbonyl (C=O) groups is 2. The first-order chi connectivity index (χ1) is 15.5. The third kappa shape index (κ3) is 6.30. The molecule has 6 heteroatoms. The number of rotatable bonds is 10. The van der Waals surface area contributed by atoms with Crippen LogP contribution in [0.3, 0.4) is 0 Å². The molecule has 2 aromatic carbocycles. The highest BCUT2D eigenvalue weighted by Crippen LogP contribution is 2.24. The summed E-state index contributed by atoms with van der Waals surface area (Å²) in [6.45, 7) is 6.75. The lowest BCUT2D eigenvalue weighted by atomic mass is 10.1. The Morgan fingerprint density at radius 1 is 1.03 bits per heavy atom. The lowest BCUT2D eigenvalue weighted by molar-refractivity contribution is -0.135. The molecule has 0 unspecified atom stereocenters. The summed E-state index contributed by atoms with van der Waals surface area (Å²) in [7, 11) is 0. The Bertz CT molecular complexity index is 1010. The first kappa shape index (κ1) is 23.3. The standard InChI is InChI=1S/C26H32N4O2/c1-4-5-16-26(32)29(18-20(2)3)19-25(31)27-24-17-23(21-12-8-6-9-13-21)28-30(24)22-14-10-7-11-15-22/h6-15,17,20H,4-5,16,18-19H2,1-3H3,(H,27,31). The number of carbonyl (C=O) groups excluding carboxylic acids is 2. The maximum Gasteiger partial charge on any atom is 0.245 e. The molecule has 0 atom stereocenters. The van der Waals surface area contributed by atoms with Crippen molar-refractivity contribution in [1.82, 2.24) is 14.7 Å². The van der Waals surface area contributed by atoms with E-state index in [1.54, 1.807) is 9.58 Å². The number of unbranched alkanes of at least 4 members (excludes halogenated alkanes) is 1. The number of anilines is 1. The minimum absolute atomic E-state index is 0.0252. The van der Waals surface area contributed by atoms with Gasteiger partial charge < -0.3 is 10.2 Å². The van der Waals surface area contributed by atoms with Crippen molar-refractivity contribution >= 4 is 17.6 Å². The van der Waals surface area contributed by atoms with Crippen molar-refractivity contribution in [3.8, 4) is 16.9 Å². The monoisotopic (exact) mass is 432 g/mol. The lowest BCUT2D eigenvalue weighted by Crippen LogP contribution is -2.40. The van der Waals surface area contributed by atoms with E-state index in [0.717, 1.165) is 29.8 Å². The van der Waals surface area contributed by atoms with Crippen LogP contribution in [0.5, 0.6) is 0 Å². The molecule has 1 N–H and O–H groups in total. The summed E-state index contributed by atoms with van der Waals surface area (Å²) in [4.78, 5) is 27.3. The molecule has 3 rings (SSSR count). The fourth-order valence-corrected chi connectivity index (χ4v) is 3.52. The summed E-state index contributed by atoms with van der Waals surface area (Å²) < 4.78 is 1.73. The van der Waals surface area contributed by atoms with Crippen LogP contribution in [-0.4, -0.2) is 39.6 Å². The van der Waals surface area contributed by atoms with Crippen LogP contribution in [0.25, 0.3) is 16.9 Å². The first-order valence-electron chi connectivity index (χ1n) is 11.3. The van der Waals surface area contributed by atoms with Gasteiger partial charge in [0.2, 0.25) is 11.8 Å². The summed E-state index contributed by atoms with van der Waals surface area (Å²) in [6, 6.07) is 21.4. The van der Waals surface area contributed by atoms with Crippen molar-refractivity contribution < 1.29 is 9.59 Å². The summed E-state index contributed by atoms with van der Waals surface area (Å²) in [5.41, 5.74) is 2.58. The minimum Gasteiger partial charge on any atom is -0.333 e. The molecular formula is C26H32N4O2. The molecule has 0 aliphatic rings. The van der Waals surface area contributed by atoms with E-state index in [0.29, 0.717) is 18.8 Å². The fraction of sp³-hybridized carbons (Fsp3) is 0.346. The van der Waals surface area contributed by atoms with Gasteiger partial charge in [-0.25, -0.2) is 4.68 Å². The van der Waals surface area contributed by atoms with Gasteiger partial charge in [0.05, 0.1) is 17.9 Å². The second kappa shape index (κ2) is 11.3. The molecule has 6 nitrogen and oxygen atoms in total. The molecule has 0 saturated carbocycles. The number of para-hydroxylation sites is 1. The van der Waals surface area contributed by atoms with E-state index in [2.05, 4.69) is 26.1 Å². The zero-order valence-electron chi connectivity index (χ0n) is 19.1. The number of amides is 2. The first-order valence-corrected chi connectivity index (χ1v) is 11.3. The van der Waals surface area contributed by atoms with Crippen LogP contribution in [-0.2, 0) is 9.59 Å². The third-order valence-corrected chi connectivity index (χ3v) is 5.06. The molecule has 0 bridgehead atoms. The van der Waals surface area contributed by atoms with Crippen molar-refractivity contribution in [2.24, 2.45) is 5.92 Å². The minimum atomic E-state index is -0.229. The average Bonchev–Trinajstić information content (AvgIpc) is 3.21. The highest BCUT2D eigenvalue weighted by molar-refractivity contribution is 5.94. The third-order valence-electron chi connectivity index (χ3n) is 5.06. The van der Waals surface area contributed by atoms with Crippen LogP contribution in [0.4, 0.5) is 5.82 Å². The highest BCUT2D eigenvalue weighted by Gasteiger charge is 2.20. The summed E-state index contributed by atoms with van der Waals surface area (Å²) in [5.74, 6) is 0.655. The average molecular weight is 433 g/mol.